The van der Waals surface area contributed by atoms with Gasteiger partial charge in [0.15, 0.2) is 0 Å². The van der Waals surface area contributed by atoms with E-state index in [1.165, 1.54) is 0 Å². The first kappa shape index (κ1) is 11.6. The van der Waals surface area contributed by atoms with Crippen LogP contribution in [-0.4, -0.2) is 26.1 Å². The van der Waals surface area contributed by atoms with Crippen LogP contribution in [0.2, 0.25) is 0 Å². The van der Waals surface area contributed by atoms with Gasteiger partial charge in [-0.05, 0) is 30.5 Å². The van der Waals surface area contributed by atoms with E-state index < -0.39 is 5.97 Å². The van der Waals surface area contributed by atoms with Crippen LogP contribution in [0.25, 0.3) is 11.0 Å². The Morgan fingerprint density at radius 2 is 2.24 bits per heavy atom. The average molecular weight is 233 g/mol. The van der Waals surface area contributed by atoms with Crippen molar-refractivity contribution in [2.45, 2.75) is 20.3 Å². The predicted molar refractivity (Wildman–Crippen MR) is 63.7 cm³/mol. The molecule has 0 aliphatic heterocycles. The Hall–Kier alpha value is -1.91. The van der Waals surface area contributed by atoms with Crippen molar-refractivity contribution in [1.82, 2.24) is 15.0 Å². The standard InChI is InChI=1S/C12H15N3O2/c1-7(12(16)17)6-9-4-5-10-11(8(9)2)13-14-15(10)3/h4-5,7H,6H2,1-3H3,(H,16,17). The molecular formula is C12H15N3O2. The van der Waals surface area contributed by atoms with Gasteiger partial charge in [0, 0.05) is 7.05 Å². The van der Waals surface area contributed by atoms with Crippen LogP contribution >= 0.6 is 0 Å². The normalized spacial score (nSPS) is 12.9. The summed E-state index contributed by atoms with van der Waals surface area (Å²) >= 11 is 0. The van der Waals surface area contributed by atoms with Crippen molar-refractivity contribution in [3.05, 3.63) is 23.3 Å². The molecule has 0 radical (unpaired) electrons. The third-order valence-electron chi connectivity index (χ3n) is 3.10. The summed E-state index contributed by atoms with van der Waals surface area (Å²) in [6.45, 7) is 3.67. The van der Waals surface area contributed by atoms with Crippen molar-refractivity contribution in [3.8, 4) is 0 Å². The van der Waals surface area contributed by atoms with Crippen LogP contribution in [0, 0.1) is 12.8 Å². The molecule has 90 valence electrons. The fraction of sp³-hybridized carbons (Fsp3) is 0.417. The minimum Gasteiger partial charge on any atom is -0.481 e. The summed E-state index contributed by atoms with van der Waals surface area (Å²) in [7, 11) is 1.84. The molecule has 2 aromatic rings. The van der Waals surface area contributed by atoms with E-state index in [0.717, 1.165) is 22.2 Å². The Labute approximate surface area is 99.1 Å². The first-order valence-electron chi connectivity index (χ1n) is 5.51. The summed E-state index contributed by atoms with van der Waals surface area (Å²) < 4.78 is 1.72. The highest BCUT2D eigenvalue weighted by Crippen LogP contribution is 2.21. The quantitative estimate of drug-likeness (QED) is 0.873. The molecule has 1 N–H and O–H groups in total. The van der Waals surface area contributed by atoms with Crippen molar-refractivity contribution in [1.29, 1.82) is 0 Å². The van der Waals surface area contributed by atoms with Crippen molar-refractivity contribution >= 4 is 17.0 Å². The lowest BCUT2D eigenvalue weighted by Crippen LogP contribution is -2.13. The Morgan fingerprint density at radius 1 is 1.53 bits per heavy atom. The average Bonchev–Trinajstić information content (AvgIpc) is 2.65. The van der Waals surface area contributed by atoms with Crippen molar-refractivity contribution in [2.24, 2.45) is 13.0 Å². The molecule has 0 amide bonds. The number of carbonyl (C=O) groups is 1. The minimum absolute atomic E-state index is 0.386. The molecule has 1 unspecified atom stereocenters. The zero-order valence-corrected chi connectivity index (χ0v) is 10.1. The molecule has 5 heteroatoms. The van der Waals surface area contributed by atoms with Gasteiger partial charge in [-0.3, -0.25) is 4.79 Å². The molecule has 0 saturated carbocycles. The summed E-state index contributed by atoms with van der Waals surface area (Å²) in [6, 6.07) is 3.90. The molecule has 1 heterocycles. The molecular weight excluding hydrogens is 218 g/mol. The lowest BCUT2D eigenvalue weighted by atomic mass is 9.97. The van der Waals surface area contributed by atoms with Gasteiger partial charge in [0.25, 0.3) is 0 Å². The number of rotatable bonds is 3. The van der Waals surface area contributed by atoms with E-state index in [1.54, 1.807) is 11.6 Å². The first-order valence-corrected chi connectivity index (χ1v) is 5.51. The maximum absolute atomic E-state index is 10.9. The van der Waals surface area contributed by atoms with Crippen LogP contribution in [0.3, 0.4) is 0 Å². The Morgan fingerprint density at radius 3 is 2.88 bits per heavy atom. The van der Waals surface area contributed by atoms with Gasteiger partial charge in [0.1, 0.15) is 5.52 Å². The SMILES string of the molecule is Cc1c(CC(C)C(=O)O)ccc2c1nnn2C. The second kappa shape index (κ2) is 4.16. The van der Waals surface area contributed by atoms with Crippen LogP contribution in [0.15, 0.2) is 12.1 Å². The summed E-state index contributed by atoms with van der Waals surface area (Å²) in [5.74, 6) is -1.16. The lowest BCUT2D eigenvalue weighted by molar-refractivity contribution is -0.141. The summed E-state index contributed by atoms with van der Waals surface area (Å²) in [5.41, 5.74) is 3.86. The highest BCUT2D eigenvalue weighted by molar-refractivity contribution is 5.79. The topological polar surface area (TPSA) is 68.0 Å². The van der Waals surface area contributed by atoms with Crippen molar-refractivity contribution < 1.29 is 9.90 Å². The van der Waals surface area contributed by atoms with Crippen molar-refractivity contribution in [2.75, 3.05) is 0 Å². The number of nitrogens with zero attached hydrogens (tertiary/aromatic N) is 3. The molecule has 1 aromatic heterocycles. The van der Waals surface area contributed by atoms with Crippen LogP contribution in [-0.2, 0) is 18.3 Å². The van der Waals surface area contributed by atoms with Gasteiger partial charge in [-0.2, -0.15) is 0 Å². The smallest absolute Gasteiger partial charge is 0.306 e. The number of fused-ring (bicyclic) bond motifs is 1. The zero-order valence-electron chi connectivity index (χ0n) is 10.1. The number of hydrogen-bond acceptors (Lipinski definition) is 3. The van der Waals surface area contributed by atoms with Gasteiger partial charge < -0.3 is 5.11 Å². The van der Waals surface area contributed by atoms with E-state index in [9.17, 15) is 4.79 Å². The highest BCUT2D eigenvalue weighted by Gasteiger charge is 2.15. The van der Waals surface area contributed by atoms with Crippen LogP contribution in [0.5, 0.6) is 0 Å². The van der Waals surface area contributed by atoms with Crippen molar-refractivity contribution in [3.63, 3.8) is 0 Å². The van der Waals surface area contributed by atoms with Gasteiger partial charge >= 0.3 is 5.97 Å². The molecule has 0 spiro atoms. The van der Waals surface area contributed by atoms with E-state index in [4.69, 9.17) is 5.11 Å². The van der Waals surface area contributed by atoms with E-state index in [1.807, 2.05) is 26.1 Å². The molecule has 0 aliphatic carbocycles. The van der Waals surface area contributed by atoms with Gasteiger partial charge in [-0.1, -0.05) is 18.2 Å². The Bertz CT molecular complexity index is 574. The maximum atomic E-state index is 10.9. The molecule has 0 fully saturated rings. The van der Waals surface area contributed by atoms with Gasteiger partial charge in [0.05, 0.1) is 11.4 Å². The number of aromatic nitrogens is 3. The number of aryl methyl sites for hydroxylation is 2. The van der Waals surface area contributed by atoms with Crippen LogP contribution in [0.1, 0.15) is 18.1 Å². The van der Waals surface area contributed by atoms with E-state index in [-0.39, 0.29) is 5.92 Å². The Kier molecular flexibility index (Phi) is 2.83. The van der Waals surface area contributed by atoms with Gasteiger partial charge in [-0.15, -0.1) is 5.10 Å². The predicted octanol–water partition coefficient (Wildman–Crippen LogP) is 1.54. The lowest BCUT2D eigenvalue weighted by Gasteiger charge is -2.09. The van der Waals surface area contributed by atoms with E-state index >= 15 is 0 Å². The molecule has 0 bridgehead atoms. The second-order valence-corrected chi connectivity index (χ2v) is 4.37. The van der Waals surface area contributed by atoms with Crippen LogP contribution in [0.4, 0.5) is 0 Å². The number of hydrogen-bond donors (Lipinski definition) is 1. The number of benzene rings is 1. The highest BCUT2D eigenvalue weighted by atomic mass is 16.4. The first-order chi connectivity index (χ1) is 8.00. The second-order valence-electron chi connectivity index (χ2n) is 4.37. The number of aliphatic carboxylic acids is 1. The molecule has 1 atom stereocenters. The summed E-state index contributed by atoms with van der Waals surface area (Å²) in [4.78, 5) is 10.9. The molecule has 17 heavy (non-hydrogen) atoms. The third kappa shape index (κ3) is 2.00. The Balaban J connectivity index is 2.42. The molecule has 0 aliphatic rings. The molecule has 0 saturated heterocycles. The molecule has 5 nitrogen and oxygen atoms in total. The van der Waals surface area contributed by atoms with E-state index in [0.29, 0.717) is 6.42 Å². The number of carboxylic acid groups (broad SMARTS) is 1. The fourth-order valence-corrected chi connectivity index (χ4v) is 1.91. The zero-order chi connectivity index (χ0) is 12.6. The fourth-order valence-electron chi connectivity index (χ4n) is 1.91. The minimum atomic E-state index is -0.774. The summed E-state index contributed by atoms with van der Waals surface area (Å²) in [5, 5.41) is 17.0. The monoisotopic (exact) mass is 233 g/mol. The van der Waals surface area contributed by atoms with Crippen LogP contribution < -0.4 is 0 Å². The largest absolute Gasteiger partial charge is 0.481 e. The van der Waals surface area contributed by atoms with Gasteiger partial charge in [-0.25, -0.2) is 4.68 Å². The third-order valence-corrected chi connectivity index (χ3v) is 3.10. The molecule has 2 rings (SSSR count). The maximum Gasteiger partial charge on any atom is 0.306 e. The number of carboxylic acids is 1. The molecule has 1 aromatic carbocycles. The van der Waals surface area contributed by atoms with Gasteiger partial charge in [0.2, 0.25) is 0 Å². The van der Waals surface area contributed by atoms with E-state index in [2.05, 4.69) is 10.3 Å². The summed E-state index contributed by atoms with van der Waals surface area (Å²) in [6.07, 6.45) is 0.522.